The topological polar surface area (TPSA) is 489 Å². The van der Waals surface area contributed by atoms with Crippen molar-refractivity contribution in [1.29, 1.82) is 0 Å². The second-order valence-electron chi connectivity index (χ2n) is 17.3. The number of urea groups is 2. The molecule has 0 aliphatic heterocycles. The number of hydrogen-bond donors (Lipinski definition) is 14. The molecule has 4 amide bonds. The first-order valence-corrected chi connectivity index (χ1v) is 24.8. The van der Waals surface area contributed by atoms with Crippen LogP contribution < -0.4 is 53.6 Å². The molecule has 3 heterocycles. The SMILES string of the molecule is NC(=O)N[C@@H](CCCCNc1nc(NCCN(CCNc2ccc([N+](=O)[O-])c(NCCCCCNC(=O)N[C@@H](CCC(=O)O)C(=O)O)n2)CCNc2ccc([N+](=O)[O-])c(NCCCCCC(=O)O)n2)ccc1[N+](=O)[O-])C(=O)O. The number of amides is 4. The number of nitro groups is 3. The minimum atomic E-state index is -1.37. The molecule has 0 aliphatic carbocycles. The molecule has 0 saturated heterocycles. The molecule has 33 nitrogen and oxygen atoms in total. The number of rotatable bonds is 42. The van der Waals surface area contributed by atoms with Crippen LogP contribution in [-0.4, -0.2) is 169 Å². The number of aromatic nitrogens is 3. The van der Waals surface area contributed by atoms with Gasteiger partial charge in [0.25, 0.3) is 0 Å². The van der Waals surface area contributed by atoms with Crippen LogP contribution in [0, 0.1) is 30.3 Å². The number of carboxylic acid groups (broad SMARTS) is 4. The predicted octanol–water partition coefficient (Wildman–Crippen LogP) is 3.49. The van der Waals surface area contributed by atoms with Crippen LogP contribution in [0.1, 0.15) is 77.0 Å². The maximum Gasteiger partial charge on any atom is 0.326 e. The molecule has 0 bridgehead atoms. The van der Waals surface area contributed by atoms with Crippen molar-refractivity contribution in [3.63, 3.8) is 0 Å². The molecule has 0 fully saturated rings. The van der Waals surface area contributed by atoms with E-state index in [1.807, 2.05) is 4.90 Å². The number of aliphatic carboxylic acids is 4. The minimum Gasteiger partial charge on any atom is -0.481 e. The van der Waals surface area contributed by atoms with Gasteiger partial charge in [0.05, 0.1) is 14.8 Å². The molecule has 33 heteroatoms. The molecule has 0 saturated carbocycles. The van der Waals surface area contributed by atoms with E-state index in [0.29, 0.717) is 102 Å². The number of nitrogens with zero attached hydrogens (tertiary/aromatic N) is 7. The van der Waals surface area contributed by atoms with Crippen molar-refractivity contribution in [2.24, 2.45) is 5.73 Å². The van der Waals surface area contributed by atoms with Crippen molar-refractivity contribution in [2.75, 3.05) is 97.3 Å². The number of primary amides is 1. The summed E-state index contributed by atoms with van der Waals surface area (Å²) in [5.41, 5.74) is 4.23. The van der Waals surface area contributed by atoms with Crippen LogP contribution in [0.25, 0.3) is 0 Å². The highest BCUT2D eigenvalue weighted by Gasteiger charge is 2.23. The Bertz CT molecular complexity index is 2510. The largest absolute Gasteiger partial charge is 0.481 e. The van der Waals surface area contributed by atoms with Gasteiger partial charge < -0.3 is 74.0 Å². The zero-order valence-electron chi connectivity index (χ0n) is 42.6. The molecule has 3 rings (SSSR count). The number of hydrogen-bond acceptors (Lipinski definition) is 22. The summed E-state index contributed by atoms with van der Waals surface area (Å²) in [4.78, 5) is 117. The van der Waals surface area contributed by atoms with Gasteiger partial charge in [0.15, 0.2) is 0 Å². The van der Waals surface area contributed by atoms with Crippen molar-refractivity contribution < 1.29 is 64.0 Å². The van der Waals surface area contributed by atoms with Crippen LogP contribution in [-0.2, 0) is 19.2 Å². The highest BCUT2D eigenvalue weighted by Crippen LogP contribution is 2.27. The van der Waals surface area contributed by atoms with Gasteiger partial charge in [-0.05, 0) is 76.0 Å². The van der Waals surface area contributed by atoms with Gasteiger partial charge in [-0.2, -0.15) is 0 Å². The summed E-state index contributed by atoms with van der Waals surface area (Å²) in [6.45, 7) is 2.93. The standard InChI is InChI=1S/C45H67N17O16/c46-44(71)54-29(42(67)68)9-4-8-21-52-41-33(62(77)78)14-17-36(58-41)49-25-28-59(26-23-47-34-15-12-31(60(73)74)39(56-34)50-19-5-1-3-10-37(63)64)27-24-48-35-16-13-32(61(75)76)40(57-35)51-20-6-2-7-22-53-45(72)55-30(43(69)70)11-18-38(65)66/h12-17,29-30H,1-11,18-28H2,(H,63,64)(H,65,66)(H,67,68)(H,69,70)(H3,46,54,71)(H2,47,50,56)(H2,48,51,57)(H2,49,52,58)(H2,53,55,72)/t29-,30-/m0/s1. The van der Waals surface area contributed by atoms with Crippen molar-refractivity contribution in [3.05, 3.63) is 66.7 Å². The number of carbonyl (C=O) groups is 6. The zero-order valence-corrected chi connectivity index (χ0v) is 42.6. The molecule has 0 unspecified atom stereocenters. The first-order chi connectivity index (χ1) is 37.2. The Morgan fingerprint density at radius 3 is 1.26 bits per heavy atom. The smallest absolute Gasteiger partial charge is 0.326 e. The first kappa shape index (κ1) is 63.1. The Labute approximate surface area is 445 Å². The van der Waals surface area contributed by atoms with E-state index in [1.54, 1.807) is 0 Å². The molecule has 0 radical (unpaired) electrons. The van der Waals surface area contributed by atoms with Gasteiger partial charge in [0, 0.05) is 96.5 Å². The van der Waals surface area contributed by atoms with Gasteiger partial charge >= 0.3 is 53.0 Å². The van der Waals surface area contributed by atoms with E-state index in [9.17, 15) is 69.3 Å². The third-order valence-electron chi connectivity index (χ3n) is 11.3. The van der Waals surface area contributed by atoms with Crippen LogP contribution >= 0.6 is 0 Å². The van der Waals surface area contributed by atoms with E-state index >= 15 is 0 Å². The number of carbonyl (C=O) groups excluding carboxylic acids is 2. The number of carboxylic acids is 4. The molecular formula is C45H67N17O16. The summed E-state index contributed by atoms with van der Waals surface area (Å²) < 4.78 is 0. The van der Waals surface area contributed by atoms with E-state index < -0.39 is 69.2 Å². The highest BCUT2D eigenvalue weighted by atomic mass is 16.6. The summed E-state index contributed by atoms with van der Waals surface area (Å²) in [7, 11) is 0. The summed E-state index contributed by atoms with van der Waals surface area (Å²) in [6, 6.07) is 3.91. The summed E-state index contributed by atoms with van der Waals surface area (Å²) in [6.07, 6.45) is 3.21. The van der Waals surface area contributed by atoms with Gasteiger partial charge in [0.1, 0.15) is 29.5 Å². The van der Waals surface area contributed by atoms with Crippen LogP contribution in [0.5, 0.6) is 0 Å². The summed E-state index contributed by atoms with van der Waals surface area (Å²) >= 11 is 0. The molecular weight excluding hydrogens is 1030 g/mol. The Morgan fingerprint density at radius 1 is 0.487 bits per heavy atom. The molecule has 0 spiro atoms. The molecule has 428 valence electrons. The molecule has 0 aliphatic rings. The highest BCUT2D eigenvalue weighted by molar-refractivity contribution is 5.83. The van der Waals surface area contributed by atoms with Gasteiger partial charge in [-0.15, -0.1) is 0 Å². The van der Waals surface area contributed by atoms with Crippen molar-refractivity contribution in [2.45, 2.75) is 89.1 Å². The van der Waals surface area contributed by atoms with E-state index in [4.69, 9.17) is 15.9 Å². The van der Waals surface area contributed by atoms with Crippen molar-refractivity contribution in [1.82, 2.24) is 35.8 Å². The fraction of sp³-hybridized carbons (Fsp3) is 0.533. The quantitative estimate of drug-likeness (QED) is 0.0219. The molecule has 2 atom stereocenters. The average molecular weight is 1100 g/mol. The van der Waals surface area contributed by atoms with Gasteiger partial charge in [-0.3, -0.25) is 44.8 Å². The predicted molar refractivity (Wildman–Crippen MR) is 283 cm³/mol. The summed E-state index contributed by atoms with van der Waals surface area (Å²) in [5, 5.41) is 97.0. The first-order valence-electron chi connectivity index (χ1n) is 24.8. The van der Waals surface area contributed by atoms with Crippen LogP contribution in [0.3, 0.4) is 0 Å². The number of anilines is 6. The van der Waals surface area contributed by atoms with E-state index in [2.05, 4.69) is 62.8 Å². The maximum atomic E-state index is 12.1. The number of nitrogens with two attached hydrogens (primary N) is 1. The monoisotopic (exact) mass is 1100 g/mol. The molecule has 78 heavy (non-hydrogen) atoms. The Hall–Kier alpha value is -9.17. The Kier molecular flexibility index (Phi) is 27.8. The van der Waals surface area contributed by atoms with Gasteiger partial charge in [-0.1, -0.05) is 6.42 Å². The fourth-order valence-corrected chi connectivity index (χ4v) is 7.31. The lowest BCUT2D eigenvalue weighted by Crippen LogP contribution is -2.46. The lowest BCUT2D eigenvalue weighted by molar-refractivity contribution is -0.384. The lowest BCUT2D eigenvalue weighted by Gasteiger charge is -2.23. The average Bonchev–Trinajstić information content (AvgIpc) is 3.38. The van der Waals surface area contributed by atoms with Gasteiger partial charge in [-0.25, -0.2) is 34.1 Å². The van der Waals surface area contributed by atoms with Crippen LogP contribution in [0.2, 0.25) is 0 Å². The van der Waals surface area contributed by atoms with Crippen LogP contribution in [0.15, 0.2) is 36.4 Å². The van der Waals surface area contributed by atoms with E-state index in [1.165, 1.54) is 36.4 Å². The second-order valence-corrected chi connectivity index (χ2v) is 17.3. The molecule has 0 aromatic carbocycles. The van der Waals surface area contributed by atoms with Crippen molar-refractivity contribution >= 4 is 87.9 Å². The number of nitrogens with one attached hydrogen (secondary N) is 9. The van der Waals surface area contributed by atoms with Gasteiger partial charge in [0.2, 0.25) is 17.5 Å². The maximum absolute atomic E-state index is 12.1. The zero-order chi connectivity index (χ0) is 57.4. The molecule has 3 aromatic rings. The van der Waals surface area contributed by atoms with Crippen LogP contribution in [0.4, 0.5) is 61.6 Å². The fourth-order valence-electron chi connectivity index (χ4n) is 7.31. The Balaban J connectivity index is 1.66. The molecule has 3 aromatic heterocycles. The number of pyridine rings is 3. The van der Waals surface area contributed by atoms with E-state index in [-0.39, 0.29) is 86.5 Å². The minimum absolute atomic E-state index is 0.00487. The van der Waals surface area contributed by atoms with E-state index in [0.717, 1.165) is 0 Å². The summed E-state index contributed by atoms with van der Waals surface area (Å²) in [5.74, 6) is -3.79. The normalized spacial score (nSPS) is 11.6. The third-order valence-corrected chi connectivity index (χ3v) is 11.3. The Morgan fingerprint density at radius 2 is 0.872 bits per heavy atom. The number of unbranched alkanes of at least 4 members (excludes halogenated alkanes) is 5. The third kappa shape index (κ3) is 24.9. The molecule has 15 N–H and O–H groups in total. The lowest BCUT2D eigenvalue weighted by atomic mass is 10.1. The second kappa shape index (κ2) is 34.4. The van der Waals surface area contributed by atoms with Crippen molar-refractivity contribution in [3.8, 4) is 0 Å².